The Kier molecular flexibility index (Phi) is 4.50. The number of thioether (sulfide) groups is 1. The lowest BCUT2D eigenvalue weighted by Crippen LogP contribution is -2.19. The fourth-order valence-corrected chi connectivity index (χ4v) is 3.81. The average Bonchev–Trinajstić information content (AvgIpc) is 3.15. The van der Waals surface area contributed by atoms with Crippen molar-refractivity contribution < 1.29 is 18.0 Å². The van der Waals surface area contributed by atoms with Crippen LogP contribution in [-0.2, 0) is 18.0 Å². The second-order valence-electron chi connectivity index (χ2n) is 6.24. The number of nitrogens with zero attached hydrogens (tertiary/aromatic N) is 2. The van der Waals surface area contributed by atoms with E-state index in [1.807, 2.05) is 42.1 Å². The topological polar surface area (TPSA) is 46.4 Å². The van der Waals surface area contributed by atoms with Crippen LogP contribution in [0.25, 0.3) is 17.0 Å². The van der Waals surface area contributed by atoms with Crippen LogP contribution in [0.15, 0.2) is 64.6 Å². The summed E-state index contributed by atoms with van der Waals surface area (Å²) in [7, 11) is 1.92. The Hall–Kier alpha value is -3.00. The summed E-state index contributed by atoms with van der Waals surface area (Å²) in [6.45, 7) is 0. The summed E-state index contributed by atoms with van der Waals surface area (Å²) in [5, 5.41) is 3.86. The molecule has 4 rings (SSSR count). The van der Waals surface area contributed by atoms with Gasteiger partial charge in [-0.3, -0.25) is 4.79 Å². The highest BCUT2D eigenvalue weighted by Gasteiger charge is 2.30. The Balaban J connectivity index is 1.64. The molecule has 1 N–H and O–H groups in total. The number of para-hydroxylation sites is 1. The molecule has 28 heavy (non-hydrogen) atoms. The molecule has 1 saturated heterocycles. The molecule has 1 aliphatic heterocycles. The van der Waals surface area contributed by atoms with Crippen LogP contribution in [0, 0.1) is 0 Å². The van der Waals surface area contributed by atoms with Crippen molar-refractivity contribution in [3.8, 4) is 0 Å². The molecule has 1 fully saturated rings. The average molecular weight is 401 g/mol. The molecule has 1 aromatic heterocycles. The minimum atomic E-state index is -4.44. The second-order valence-corrected chi connectivity index (χ2v) is 7.27. The first-order valence-electron chi connectivity index (χ1n) is 8.32. The van der Waals surface area contributed by atoms with Gasteiger partial charge in [0.15, 0.2) is 5.17 Å². The number of alkyl halides is 3. The van der Waals surface area contributed by atoms with Crippen LogP contribution in [0.5, 0.6) is 0 Å². The molecule has 2 aromatic carbocycles. The van der Waals surface area contributed by atoms with Gasteiger partial charge in [-0.1, -0.05) is 24.3 Å². The molecule has 0 atom stereocenters. The number of benzene rings is 2. The number of aromatic nitrogens is 1. The number of carbonyl (C=O) groups excluding carboxylic acids is 1. The Morgan fingerprint density at radius 2 is 1.93 bits per heavy atom. The highest BCUT2D eigenvalue weighted by Crippen LogP contribution is 2.33. The lowest BCUT2D eigenvalue weighted by atomic mass is 10.1. The summed E-state index contributed by atoms with van der Waals surface area (Å²) in [6, 6.07) is 12.5. The van der Waals surface area contributed by atoms with Crippen molar-refractivity contribution in [3.05, 3.63) is 70.8 Å². The van der Waals surface area contributed by atoms with Gasteiger partial charge in [-0.05, 0) is 42.1 Å². The van der Waals surface area contributed by atoms with Crippen molar-refractivity contribution in [2.45, 2.75) is 6.18 Å². The Morgan fingerprint density at radius 1 is 1.14 bits per heavy atom. The van der Waals surface area contributed by atoms with Crippen molar-refractivity contribution in [2.75, 3.05) is 0 Å². The zero-order valence-electron chi connectivity index (χ0n) is 14.6. The molecule has 0 bridgehead atoms. The van der Waals surface area contributed by atoms with E-state index in [9.17, 15) is 18.0 Å². The van der Waals surface area contributed by atoms with Crippen molar-refractivity contribution in [3.63, 3.8) is 0 Å². The molecule has 0 saturated carbocycles. The fourth-order valence-electron chi connectivity index (χ4n) is 2.98. The highest BCUT2D eigenvalue weighted by atomic mass is 32.2. The molecule has 1 amide bonds. The van der Waals surface area contributed by atoms with Gasteiger partial charge in [-0.2, -0.15) is 13.2 Å². The van der Waals surface area contributed by atoms with Gasteiger partial charge in [-0.15, -0.1) is 0 Å². The zero-order chi connectivity index (χ0) is 19.9. The molecule has 3 aromatic rings. The number of nitrogens with one attached hydrogen (secondary N) is 1. The molecule has 142 valence electrons. The maximum Gasteiger partial charge on any atom is 0.416 e. The van der Waals surface area contributed by atoms with Gasteiger partial charge < -0.3 is 9.88 Å². The molecule has 2 heterocycles. The Morgan fingerprint density at radius 3 is 2.71 bits per heavy atom. The van der Waals surface area contributed by atoms with Crippen LogP contribution in [-0.4, -0.2) is 15.6 Å². The van der Waals surface area contributed by atoms with E-state index in [0.29, 0.717) is 4.91 Å². The number of hydrogen-bond acceptors (Lipinski definition) is 3. The van der Waals surface area contributed by atoms with E-state index in [4.69, 9.17) is 0 Å². The molecule has 4 nitrogen and oxygen atoms in total. The first-order chi connectivity index (χ1) is 13.3. The smallest absolute Gasteiger partial charge is 0.350 e. The molecule has 0 unspecified atom stereocenters. The quantitative estimate of drug-likeness (QED) is 0.608. The molecular weight excluding hydrogens is 387 g/mol. The third-order valence-corrected chi connectivity index (χ3v) is 5.18. The first-order valence-corrected chi connectivity index (χ1v) is 9.14. The van der Waals surface area contributed by atoms with Crippen LogP contribution < -0.4 is 5.32 Å². The molecule has 0 radical (unpaired) electrons. The monoisotopic (exact) mass is 401 g/mol. The van der Waals surface area contributed by atoms with E-state index >= 15 is 0 Å². The van der Waals surface area contributed by atoms with Gasteiger partial charge in [0.05, 0.1) is 16.2 Å². The molecule has 0 aliphatic carbocycles. The predicted molar refractivity (Wildman–Crippen MR) is 105 cm³/mol. The predicted octanol–water partition coefficient (Wildman–Crippen LogP) is 5.09. The highest BCUT2D eigenvalue weighted by molar-refractivity contribution is 8.18. The minimum Gasteiger partial charge on any atom is -0.350 e. The largest absolute Gasteiger partial charge is 0.416 e. The van der Waals surface area contributed by atoms with Crippen molar-refractivity contribution in [1.82, 2.24) is 9.88 Å². The van der Waals surface area contributed by atoms with E-state index in [2.05, 4.69) is 10.3 Å². The van der Waals surface area contributed by atoms with Gasteiger partial charge in [0.1, 0.15) is 0 Å². The van der Waals surface area contributed by atoms with E-state index in [0.717, 1.165) is 40.4 Å². The lowest BCUT2D eigenvalue weighted by molar-refractivity contribution is -0.137. The first kappa shape index (κ1) is 18.4. The number of aryl methyl sites for hydroxylation is 1. The summed E-state index contributed by atoms with van der Waals surface area (Å²) in [4.78, 5) is 16.9. The summed E-state index contributed by atoms with van der Waals surface area (Å²) >= 11 is 1.10. The van der Waals surface area contributed by atoms with Crippen LogP contribution in [0.2, 0.25) is 0 Å². The maximum absolute atomic E-state index is 12.8. The molecule has 8 heteroatoms. The molecular formula is C20H14F3N3OS. The van der Waals surface area contributed by atoms with Gasteiger partial charge >= 0.3 is 6.18 Å². The molecule has 1 aliphatic rings. The number of halogens is 3. The van der Waals surface area contributed by atoms with E-state index < -0.39 is 11.7 Å². The van der Waals surface area contributed by atoms with Gasteiger partial charge in [0.25, 0.3) is 5.91 Å². The number of carbonyl (C=O) groups is 1. The zero-order valence-corrected chi connectivity index (χ0v) is 15.4. The standard InChI is InChI=1S/C20H14F3N3OS/c1-26-11-12(15-7-2-3-8-16(15)26)9-17-18(27)25-19(28-17)24-14-6-4-5-13(10-14)20(21,22)23/h2-11H,1H3,(H,24,25,27). The number of aliphatic imine (C=N–C) groups is 1. The van der Waals surface area contributed by atoms with Gasteiger partial charge in [0, 0.05) is 29.7 Å². The Labute approximate surface area is 162 Å². The third kappa shape index (κ3) is 3.55. The molecule has 0 spiro atoms. The third-order valence-electron chi connectivity index (χ3n) is 4.27. The normalized spacial score (nSPS) is 17.6. The van der Waals surface area contributed by atoms with Crippen LogP contribution in [0.3, 0.4) is 0 Å². The van der Waals surface area contributed by atoms with Crippen LogP contribution >= 0.6 is 11.8 Å². The number of rotatable bonds is 2. The maximum atomic E-state index is 12.8. The number of amides is 1. The fraction of sp³-hybridized carbons (Fsp3) is 0.100. The van der Waals surface area contributed by atoms with Gasteiger partial charge in [0.2, 0.25) is 0 Å². The number of fused-ring (bicyclic) bond motifs is 1. The van der Waals surface area contributed by atoms with Crippen molar-refractivity contribution in [2.24, 2.45) is 12.0 Å². The van der Waals surface area contributed by atoms with Crippen molar-refractivity contribution >= 4 is 45.5 Å². The van der Waals surface area contributed by atoms with E-state index in [1.165, 1.54) is 12.1 Å². The lowest BCUT2D eigenvalue weighted by Gasteiger charge is -2.06. The SMILES string of the molecule is Cn1cc(C=C2SC(=Nc3cccc(C(F)(F)F)c3)NC2=O)c2ccccc21. The minimum absolute atomic E-state index is 0.129. The Bertz CT molecular complexity index is 1150. The summed E-state index contributed by atoms with van der Waals surface area (Å²) in [5.74, 6) is -0.330. The summed E-state index contributed by atoms with van der Waals surface area (Å²) in [5.41, 5.74) is 1.27. The second kappa shape index (κ2) is 6.87. The van der Waals surface area contributed by atoms with Crippen LogP contribution in [0.4, 0.5) is 18.9 Å². The van der Waals surface area contributed by atoms with E-state index in [-0.39, 0.29) is 16.8 Å². The van der Waals surface area contributed by atoms with Crippen molar-refractivity contribution in [1.29, 1.82) is 0 Å². The van der Waals surface area contributed by atoms with E-state index in [1.54, 1.807) is 6.08 Å². The number of hydrogen-bond donors (Lipinski definition) is 1. The summed E-state index contributed by atoms with van der Waals surface area (Å²) in [6.07, 6.45) is -0.758. The van der Waals surface area contributed by atoms with Gasteiger partial charge in [-0.25, -0.2) is 4.99 Å². The van der Waals surface area contributed by atoms with Crippen LogP contribution in [0.1, 0.15) is 11.1 Å². The summed E-state index contributed by atoms with van der Waals surface area (Å²) < 4.78 is 40.5. The number of amidine groups is 1.